The smallest absolute Gasteiger partial charge is 0.137 e. The van der Waals surface area contributed by atoms with E-state index in [4.69, 9.17) is 10.5 Å². The molecule has 0 bridgehead atoms. The van der Waals surface area contributed by atoms with Gasteiger partial charge in [0.2, 0.25) is 0 Å². The molecule has 1 atom stereocenters. The highest BCUT2D eigenvalue weighted by Crippen LogP contribution is 2.28. The van der Waals surface area contributed by atoms with Crippen LogP contribution in [0, 0.1) is 11.7 Å². The van der Waals surface area contributed by atoms with Gasteiger partial charge in [0.15, 0.2) is 0 Å². The highest BCUT2D eigenvalue weighted by Gasteiger charge is 2.21. The summed E-state index contributed by atoms with van der Waals surface area (Å²) in [6, 6.07) is 5.20. The Kier molecular flexibility index (Phi) is 5.96. The first-order chi connectivity index (χ1) is 9.61. The van der Waals surface area contributed by atoms with Crippen LogP contribution in [-0.4, -0.2) is 38.3 Å². The Bertz CT molecular complexity index is 440. The van der Waals surface area contributed by atoms with Crippen LogP contribution in [0.1, 0.15) is 24.4 Å². The van der Waals surface area contributed by atoms with Gasteiger partial charge in [-0.25, -0.2) is 4.39 Å². The van der Waals surface area contributed by atoms with Crippen LogP contribution < -0.4 is 5.73 Å². The van der Waals surface area contributed by atoms with Gasteiger partial charge in [0.05, 0.1) is 11.1 Å². The summed E-state index contributed by atoms with van der Waals surface area (Å²) >= 11 is 3.17. The van der Waals surface area contributed by atoms with E-state index in [2.05, 4.69) is 20.8 Å². The van der Waals surface area contributed by atoms with Gasteiger partial charge in [0.1, 0.15) is 5.82 Å². The van der Waals surface area contributed by atoms with Crippen molar-refractivity contribution in [2.24, 2.45) is 11.7 Å². The van der Waals surface area contributed by atoms with Gasteiger partial charge in [-0.2, -0.15) is 0 Å². The highest BCUT2D eigenvalue weighted by molar-refractivity contribution is 9.10. The second kappa shape index (κ2) is 7.50. The number of rotatable bonds is 8. The molecule has 2 N–H and O–H groups in total. The number of hydrogen-bond donors (Lipinski definition) is 1. The lowest BCUT2D eigenvalue weighted by molar-refractivity contribution is 0.0922. The normalized spacial score (nSPS) is 16.6. The molecule has 0 aromatic heterocycles. The van der Waals surface area contributed by atoms with E-state index in [1.165, 1.54) is 12.8 Å². The second-order valence-electron chi connectivity index (χ2n) is 5.42. The molecule has 1 aromatic rings. The van der Waals surface area contributed by atoms with E-state index < -0.39 is 0 Å². The first-order valence-electron chi connectivity index (χ1n) is 7.04. The highest BCUT2D eigenvalue weighted by atomic mass is 79.9. The number of hydrogen-bond acceptors (Lipinski definition) is 3. The molecular formula is C15H22BrFN2O. The monoisotopic (exact) mass is 344 g/mol. The van der Waals surface area contributed by atoms with Crippen molar-refractivity contribution in [2.45, 2.75) is 18.9 Å². The Hall–Kier alpha value is -0.490. The van der Waals surface area contributed by atoms with Gasteiger partial charge in [-0.05, 0) is 59.4 Å². The fourth-order valence-corrected chi connectivity index (χ4v) is 2.44. The van der Waals surface area contributed by atoms with E-state index in [9.17, 15) is 4.39 Å². The predicted molar refractivity (Wildman–Crippen MR) is 82.1 cm³/mol. The third kappa shape index (κ3) is 4.52. The van der Waals surface area contributed by atoms with Gasteiger partial charge >= 0.3 is 0 Å². The summed E-state index contributed by atoms with van der Waals surface area (Å²) in [6.07, 6.45) is 2.61. The minimum absolute atomic E-state index is 0.0159. The minimum Gasteiger partial charge on any atom is -0.380 e. The van der Waals surface area contributed by atoms with Gasteiger partial charge in [-0.3, -0.25) is 4.90 Å². The molecule has 20 heavy (non-hydrogen) atoms. The van der Waals surface area contributed by atoms with E-state index in [0.717, 1.165) is 24.6 Å². The van der Waals surface area contributed by atoms with E-state index in [1.807, 2.05) is 13.1 Å². The van der Waals surface area contributed by atoms with Crippen LogP contribution in [0.4, 0.5) is 4.39 Å². The molecule has 0 saturated heterocycles. The zero-order chi connectivity index (χ0) is 14.5. The van der Waals surface area contributed by atoms with Crippen LogP contribution in [0.5, 0.6) is 0 Å². The Labute approximate surface area is 128 Å². The molecule has 5 heteroatoms. The topological polar surface area (TPSA) is 38.5 Å². The zero-order valence-electron chi connectivity index (χ0n) is 11.8. The number of halogens is 2. The van der Waals surface area contributed by atoms with Crippen molar-refractivity contribution < 1.29 is 9.13 Å². The Balaban J connectivity index is 1.86. The number of nitrogens with two attached hydrogens (primary N) is 1. The number of nitrogens with zero attached hydrogens (tertiary/aromatic N) is 1. The van der Waals surface area contributed by atoms with Gasteiger partial charge in [-0.15, -0.1) is 0 Å². The third-order valence-electron chi connectivity index (χ3n) is 3.72. The SMILES string of the molecule is CN(CCOCC1CC1)C(CN)c1ccc(Br)c(F)c1. The summed E-state index contributed by atoms with van der Waals surface area (Å²) in [5.41, 5.74) is 6.74. The Morgan fingerprint density at radius 3 is 2.85 bits per heavy atom. The minimum atomic E-state index is -0.251. The molecular weight excluding hydrogens is 323 g/mol. The molecule has 0 radical (unpaired) electrons. The molecule has 1 fully saturated rings. The van der Waals surface area contributed by atoms with Crippen LogP contribution in [0.2, 0.25) is 0 Å². The summed E-state index contributed by atoms with van der Waals surface area (Å²) in [7, 11) is 2.00. The fraction of sp³-hybridized carbons (Fsp3) is 0.600. The molecule has 3 nitrogen and oxygen atoms in total. The van der Waals surface area contributed by atoms with Crippen molar-refractivity contribution in [2.75, 3.05) is 33.4 Å². The maximum absolute atomic E-state index is 13.6. The molecule has 1 aliphatic carbocycles. The summed E-state index contributed by atoms with van der Waals surface area (Å²) in [6.45, 7) is 2.82. The molecule has 1 aromatic carbocycles. The number of ether oxygens (including phenoxy) is 1. The van der Waals surface area contributed by atoms with Crippen molar-refractivity contribution in [3.63, 3.8) is 0 Å². The van der Waals surface area contributed by atoms with E-state index in [1.54, 1.807) is 12.1 Å². The maximum atomic E-state index is 13.6. The molecule has 2 rings (SSSR count). The van der Waals surface area contributed by atoms with Crippen LogP contribution in [0.25, 0.3) is 0 Å². The van der Waals surface area contributed by atoms with Gasteiger partial charge in [0.25, 0.3) is 0 Å². The summed E-state index contributed by atoms with van der Waals surface area (Å²) < 4.78 is 19.7. The largest absolute Gasteiger partial charge is 0.380 e. The standard InChI is InChI=1S/C15H22BrFN2O/c1-19(6-7-20-10-11-2-3-11)15(9-18)12-4-5-13(16)14(17)8-12/h4-5,8,11,15H,2-3,6-7,9-10,18H2,1H3. The van der Waals surface area contributed by atoms with Crippen LogP contribution in [0.15, 0.2) is 22.7 Å². The Morgan fingerprint density at radius 2 is 2.25 bits per heavy atom. The molecule has 0 spiro atoms. The van der Waals surface area contributed by atoms with E-state index in [-0.39, 0.29) is 11.9 Å². The lowest BCUT2D eigenvalue weighted by Gasteiger charge is -2.27. The zero-order valence-corrected chi connectivity index (χ0v) is 13.4. The second-order valence-corrected chi connectivity index (χ2v) is 6.28. The summed E-state index contributed by atoms with van der Waals surface area (Å²) in [4.78, 5) is 2.12. The quantitative estimate of drug-likeness (QED) is 0.737. The molecule has 0 amide bonds. The molecule has 1 aliphatic rings. The van der Waals surface area contributed by atoms with Crippen LogP contribution in [0.3, 0.4) is 0 Å². The molecule has 1 unspecified atom stereocenters. The molecule has 112 valence electrons. The van der Waals surface area contributed by atoms with E-state index >= 15 is 0 Å². The first-order valence-corrected chi connectivity index (χ1v) is 7.84. The Morgan fingerprint density at radius 1 is 1.50 bits per heavy atom. The maximum Gasteiger partial charge on any atom is 0.137 e. The number of likely N-dealkylation sites (N-methyl/N-ethyl adjacent to an activating group) is 1. The third-order valence-corrected chi connectivity index (χ3v) is 4.37. The van der Waals surface area contributed by atoms with Gasteiger partial charge < -0.3 is 10.5 Å². The molecule has 0 aliphatic heterocycles. The van der Waals surface area contributed by atoms with Crippen molar-refractivity contribution in [3.8, 4) is 0 Å². The van der Waals surface area contributed by atoms with Crippen LogP contribution >= 0.6 is 15.9 Å². The molecule has 0 heterocycles. The first kappa shape index (κ1) is 15.9. The number of benzene rings is 1. The average Bonchev–Trinajstić information content (AvgIpc) is 3.24. The van der Waals surface area contributed by atoms with Crippen molar-refractivity contribution in [1.82, 2.24) is 4.90 Å². The lowest BCUT2D eigenvalue weighted by Crippen LogP contribution is -2.33. The van der Waals surface area contributed by atoms with Gasteiger partial charge in [0, 0.05) is 25.7 Å². The summed E-state index contributed by atoms with van der Waals surface area (Å²) in [5.74, 6) is 0.533. The van der Waals surface area contributed by atoms with Crippen LogP contribution in [-0.2, 0) is 4.74 Å². The molecule has 1 saturated carbocycles. The predicted octanol–water partition coefficient (Wildman–Crippen LogP) is 2.95. The fourth-order valence-electron chi connectivity index (χ4n) is 2.19. The van der Waals surface area contributed by atoms with E-state index in [0.29, 0.717) is 17.6 Å². The van der Waals surface area contributed by atoms with Crippen molar-refractivity contribution in [1.29, 1.82) is 0 Å². The average molecular weight is 345 g/mol. The summed E-state index contributed by atoms with van der Waals surface area (Å²) in [5, 5.41) is 0. The lowest BCUT2D eigenvalue weighted by atomic mass is 10.1. The van der Waals surface area contributed by atoms with Gasteiger partial charge in [-0.1, -0.05) is 6.07 Å². The van der Waals surface area contributed by atoms with Crippen molar-refractivity contribution in [3.05, 3.63) is 34.1 Å². The van der Waals surface area contributed by atoms with Crippen molar-refractivity contribution >= 4 is 15.9 Å².